The Balaban J connectivity index is 2.11. The highest BCUT2D eigenvalue weighted by molar-refractivity contribution is 7.89. The third-order valence-corrected chi connectivity index (χ3v) is 4.64. The Morgan fingerprint density at radius 3 is 2.13 bits per heavy atom. The van der Waals surface area contributed by atoms with Crippen LogP contribution in [0.2, 0.25) is 0 Å². The SMILES string of the molecule is CNS(=O)(=O)c1ccc(/C(C)=N\NC(=O)c2ccccc2)cc1. The number of carbonyl (C=O) groups excluding carboxylic acids is 1. The molecule has 23 heavy (non-hydrogen) atoms. The van der Waals surface area contributed by atoms with Crippen molar-refractivity contribution in [3.8, 4) is 0 Å². The van der Waals surface area contributed by atoms with Crippen LogP contribution in [0.5, 0.6) is 0 Å². The zero-order chi connectivity index (χ0) is 16.9. The first-order valence-electron chi connectivity index (χ1n) is 6.87. The number of hydrogen-bond donors (Lipinski definition) is 2. The van der Waals surface area contributed by atoms with Gasteiger partial charge in [0.05, 0.1) is 10.6 Å². The summed E-state index contributed by atoms with van der Waals surface area (Å²) in [6.45, 7) is 1.73. The molecular weight excluding hydrogens is 314 g/mol. The van der Waals surface area contributed by atoms with Gasteiger partial charge < -0.3 is 0 Å². The molecule has 6 nitrogen and oxygen atoms in total. The number of sulfonamides is 1. The summed E-state index contributed by atoms with van der Waals surface area (Å²) in [5, 5.41) is 4.03. The summed E-state index contributed by atoms with van der Waals surface area (Å²) in [5.74, 6) is -0.306. The van der Waals surface area contributed by atoms with E-state index in [9.17, 15) is 13.2 Å². The summed E-state index contributed by atoms with van der Waals surface area (Å²) in [7, 11) is -2.11. The number of carbonyl (C=O) groups is 1. The second-order valence-electron chi connectivity index (χ2n) is 4.74. The normalized spacial score (nSPS) is 12.0. The van der Waals surface area contributed by atoms with Gasteiger partial charge in [0.2, 0.25) is 10.0 Å². The number of hydrazone groups is 1. The minimum Gasteiger partial charge on any atom is -0.267 e. The highest BCUT2D eigenvalue weighted by Gasteiger charge is 2.11. The van der Waals surface area contributed by atoms with Crippen LogP contribution < -0.4 is 10.1 Å². The van der Waals surface area contributed by atoms with E-state index in [0.29, 0.717) is 16.8 Å². The molecule has 0 aliphatic rings. The number of nitrogens with one attached hydrogen (secondary N) is 2. The van der Waals surface area contributed by atoms with Crippen LogP contribution >= 0.6 is 0 Å². The molecule has 0 spiro atoms. The summed E-state index contributed by atoms with van der Waals surface area (Å²) >= 11 is 0. The standard InChI is InChI=1S/C16H17N3O3S/c1-12(18-19-16(20)14-6-4-3-5-7-14)13-8-10-15(11-9-13)23(21,22)17-2/h3-11,17H,1-2H3,(H,19,20)/b18-12-. The molecule has 0 atom stereocenters. The van der Waals surface area contributed by atoms with Gasteiger partial charge in [0.1, 0.15) is 0 Å². The van der Waals surface area contributed by atoms with Gasteiger partial charge in [-0.2, -0.15) is 5.10 Å². The highest BCUT2D eigenvalue weighted by Crippen LogP contribution is 2.10. The van der Waals surface area contributed by atoms with Gasteiger partial charge in [-0.25, -0.2) is 18.6 Å². The van der Waals surface area contributed by atoms with Gasteiger partial charge in [0.25, 0.3) is 5.91 Å². The van der Waals surface area contributed by atoms with Crippen LogP contribution in [0.1, 0.15) is 22.8 Å². The quantitative estimate of drug-likeness (QED) is 0.646. The van der Waals surface area contributed by atoms with Crippen molar-refractivity contribution in [1.29, 1.82) is 0 Å². The smallest absolute Gasteiger partial charge is 0.267 e. The predicted molar refractivity (Wildman–Crippen MR) is 88.8 cm³/mol. The van der Waals surface area contributed by atoms with Crippen LogP contribution in [0.3, 0.4) is 0 Å². The molecule has 2 rings (SSSR count). The molecule has 0 bridgehead atoms. The van der Waals surface area contributed by atoms with Gasteiger partial charge in [-0.15, -0.1) is 0 Å². The predicted octanol–water partition coefficient (Wildman–Crippen LogP) is 1.75. The van der Waals surface area contributed by atoms with Crippen LogP contribution in [0, 0.1) is 0 Å². The number of hydrogen-bond acceptors (Lipinski definition) is 4. The van der Waals surface area contributed by atoms with Crippen LogP contribution in [0.15, 0.2) is 64.6 Å². The second kappa shape index (κ2) is 7.17. The lowest BCUT2D eigenvalue weighted by molar-refractivity contribution is 0.0955. The Bertz CT molecular complexity index is 813. The molecule has 2 aromatic carbocycles. The van der Waals surface area contributed by atoms with Gasteiger partial charge in [-0.1, -0.05) is 30.3 Å². The highest BCUT2D eigenvalue weighted by atomic mass is 32.2. The lowest BCUT2D eigenvalue weighted by atomic mass is 10.1. The summed E-state index contributed by atoms with van der Waals surface area (Å²) in [5.41, 5.74) is 4.27. The van der Waals surface area contributed by atoms with Gasteiger partial charge >= 0.3 is 0 Å². The van der Waals surface area contributed by atoms with Crippen molar-refractivity contribution in [1.82, 2.24) is 10.1 Å². The number of nitrogens with zero attached hydrogens (tertiary/aromatic N) is 1. The van der Waals surface area contributed by atoms with E-state index in [1.807, 2.05) is 6.07 Å². The Labute approximate surface area is 135 Å². The van der Waals surface area contributed by atoms with Gasteiger partial charge in [0, 0.05) is 5.56 Å². The van der Waals surface area contributed by atoms with E-state index in [-0.39, 0.29) is 10.8 Å². The monoisotopic (exact) mass is 331 g/mol. The lowest BCUT2D eigenvalue weighted by Crippen LogP contribution is -2.19. The molecule has 1 amide bonds. The third kappa shape index (κ3) is 4.24. The Hall–Kier alpha value is -2.51. The van der Waals surface area contributed by atoms with E-state index in [4.69, 9.17) is 0 Å². The van der Waals surface area contributed by atoms with Crippen LogP contribution in [0.4, 0.5) is 0 Å². The minimum atomic E-state index is -3.46. The van der Waals surface area contributed by atoms with Crippen molar-refractivity contribution in [2.24, 2.45) is 5.10 Å². The molecule has 0 aromatic heterocycles. The Kier molecular flexibility index (Phi) is 5.25. The average Bonchev–Trinajstić information content (AvgIpc) is 2.60. The maximum Gasteiger partial charge on any atom is 0.271 e. The van der Waals surface area contributed by atoms with E-state index in [1.54, 1.807) is 43.3 Å². The molecule has 0 saturated carbocycles. The van der Waals surface area contributed by atoms with Crippen LogP contribution in [-0.4, -0.2) is 27.1 Å². The molecule has 0 heterocycles. The second-order valence-corrected chi connectivity index (χ2v) is 6.62. The van der Waals surface area contributed by atoms with Crippen molar-refractivity contribution in [3.05, 3.63) is 65.7 Å². The molecule has 0 fully saturated rings. The van der Waals surface area contributed by atoms with Gasteiger partial charge in [0.15, 0.2) is 0 Å². The fourth-order valence-corrected chi connectivity index (χ4v) is 2.58. The average molecular weight is 331 g/mol. The molecule has 0 unspecified atom stereocenters. The first-order valence-corrected chi connectivity index (χ1v) is 8.36. The molecule has 120 valence electrons. The van der Waals surface area contributed by atoms with Crippen molar-refractivity contribution in [3.63, 3.8) is 0 Å². The number of benzene rings is 2. The third-order valence-electron chi connectivity index (χ3n) is 3.21. The molecular formula is C16H17N3O3S. The van der Waals surface area contributed by atoms with Crippen molar-refractivity contribution < 1.29 is 13.2 Å². The molecule has 0 aliphatic heterocycles. The molecule has 7 heteroatoms. The number of amides is 1. The lowest BCUT2D eigenvalue weighted by Gasteiger charge is -2.05. The fraction of sp³-hybridized carbons (Fsp3) is 0.125. The first-order chi connectivity index (χ1) is 10.9. The fourth-order valence-electron chi connectivity index (χ4n) is 1.85. The summed E-state index contributed by atoms with van der Waals surface area (Å²) in [4.78, 5) is 12.1. The maximum atomic E-state index is 11.9. The topological polar surface area (TPSA) is 87.6 Å². The van der Waals surface area contributed by atoms with E-state index in [0.717, 1.165) is 0 Å². The summed E-state index contributed by atoms with van der Waals surface area (Å²) < 4.78 is 25.6. The zero-order valence-electron chi connectivity index (χ0n) is 12.8. The first kappa shape index (κ1) is 16.9. The van der Waals surface area contributed by atoms with E-state index in [1.165, 1.54) is 19.2 Å². The summed E-state index contributed by atoms with van der Waals surface area (Å²) in [6, 6.07) is 15.0. The Morgan fingerprint density at radius 1 is 0.957 bits per heavy atom. The molecule has 0 aliphatic carbocycles. The van der Waals surface area contributed by atoms with E-state index in [2.05, 4.69) is 15.2 Å². The zero-order valence-corrected chi connectivity index (χ0v) is 13.6. The van der Waals surface area contributed by atoms with Crippen LogP contribution in [0.25, 0.3) is 0 Å². The summed E-state index contributed by atoms with van der Waals surface area (Å²) in [6.07, 6.45) is 0. The number of rotatable bonds is 5. The van der Waals surface area contributed by atoms with Crippen molar-refractivity contribution in [2.45, 2.75) is 11.8 Å². The molecule has 0 saturated heterocycles. The Morgan fingerprint density at radius 2 is 1.57 bits per heavy atom. The van der Waals surface area contributed by atoms with Crippen molar-refractivity contribution >= 4 is 21.6 Å². The van der Waals surface area contributed by atoms with Crippen LogP contribution in [-0.2, 0) is 10.0 Å². The minimum absolute atomic E-state index is 0.171. The van der Waals surface area contributed by atoms with Crippen molar-refractivity contribution in [2.75, 3.05) is 7.05 Å². The molecule has 2 N–H and O–H groups in total. The van der Waals surface area contributed by atoms with Gasteiger partial charge in [-0.05, 0) is 43.8 Å². The molecule has 2 aromatic rings. The van der Waals surface area contributed by atoms with E-state index >= 15 is 0 Å². The van der Waals surface area contributed by atoms with Gasteiger partial charge in [-0.3, -0.25) is 4.79 Å². The molecule has 0 radical (unpaired) electrons. The maximum absolute atomic E-state index is 11.9. The van der Waals surface area contributed by atoms with E-state index < -0.39 is 10.0 Å². The largest absolute Gasteiger partial charge is 0.271 e.